The molecule has 0 unspecified atom stereocenters. The first-order chi connectivity index (χ1) is 17.9. The Bertz CT molecular complexity index is 985. The van der Waals surface area contributed by atoms with E-state index in [0.29, 0.717) is 0 Å². The van der Waals surface area contributed by atoms with Gasteiger partial charge in [-0.15, -0.1) is 0 Å². The van der Waals surface area contributed by atoms with Gasteiger partial charge in [0.05, 0.1) is 0 Å². The summed E-state index contributed by atoms with van der Waals surface area (Å²) in [5.74, 6) is 0. The van der Waals surface area contributed by atoms with Crippen molar-refractivity contribution >= 4 is 20.2 Å². The zero-order chi connectivity index (χ0) is 27.0. The van der Waals surface area contributed by atoms with Crippen LogP contribution < -0.4 is 0 Å². The van der Waals surface area contributed by atoms with Gasteiger partial charge in [-0.2, -0.15) is 0 Å². The van der Waals surface area contributed by atoms with Crippen LogP contribution in [0.4, 0.5) is 0 Å². The Morgan fingerprint density at radius 3 is 1.03 bits per heavy atom. The SMILES string of the molecule is CCCc1cc(CCC)n([C](n2nc(CCC)cc2CCC)(n2nc(CCC)cc2CCC)[Mn]([Cl])[Cl])n1. The summed E-state index contributed by atoms with van der Waals surface area (Å²) in [7, 11) is 14.5. The molecule has 0 aliphatic heterocycles. The van der Waals surface area contributed by atoms with Gasteiger partial charge in [-0.25, -0.2) is 0 Å². The first-order valence-corrected chi connectivity index (χ1v) is 18.0. The molecule has 0 amide bonds. The summed E-state index contributed by atoms with van der Waals surface area (Å²) in [6.45, 7) is 13.2. The molecule has 0 aliphatic carbocycles. The van der Waals surface area contributed by atoms with Gasteiger partial charge in [-0.3, -0.25) is 0 Å². The zero-order valence-electron chi connectivity index (χ0n) is 23.5. The second-order valence-electron chi connectivity index (χ2n) is 9.87. The van der Waals surface area contributed by atoms with Crippen LogP contribution in [-0.4, -0.2) is 29.3 Å². The van der Waals surface area contributed by atoms with Gasteiger partial charge in [0.25, 0.3) is 0 Å². The fourth-order valence-electron chi connectivity index (χ4n) is 5.05. The number of halogens is 2. The fraction of sp³-hybridized carbons (Fsp3) is 0.679. The summed E-state index contributed by atoms with van der Waals surface area (Å²) >= 11 is -2.20. The second kappa shape index (κ2) is 14.2. The van der Waals surface area contributed by atoms with Crippen LogP contribution in [0, 0.1) is 0 Å². The standard InChI is InChI=1S/C28H45N6.2ClH.Mn/c1-7-13-22-19-25(16-10-4)32(29-22)28(33-26(17-11-5)20-23(30-33)14-8-2)34-27(18-12-6)21-24(31-34)15-9-3;;;/h19-21H,7-18H2,1-6H3;2*1H;/q;;;+2/p-2. The molecule has 9 heteroatoms. The third-order valence-electron chi connectivity index (χ3n) is 6.54. The van der Waals surface area contributed by atoms with E-state index in [1.54, 1.807) is 0 Å². The normalized spacial score (nSPS) is 12.5. The Kier molecular flexibility index (Phi) is 11.6. The van der Waals surface area contributed by atoms with Crippen molar-refractivity contribution in [3.63, 3.8) is 0 Å². The first kappa shape index (κ1) is 30.3. The minimum atomic E-state index is -2.20. The van der Waals surface area contributed by atoms with Crippen molar-refractivity contribution < 1.29 is 12.1 Å². The summed E-state index contributed by atoms with van der Waals surface area (Å²) in [5, 5.41) is 15.7. The summed E-state index contributed by atoms with van der Waals surface area (Å²) < 4.78 is 5.29. The molecule has 0 radical (unpaired) electrons. The molecule has 0 fully saturated rings. The molecule has 208 valence electrons. The minimum absolute atomic E-state index is 0.889. The summed E-state index contributed by atoms with van der Waals surface area (Å²) in [5.41, 5.74) is 6.64. The van der Waals surface area contributed by atoms with Crippen molar-refractivity contribution in [3.8, 4) is 0 Å². The number of rotatable bonds is 16. The van der Waals surface area contributed by atoms with Gasteiger partial charge in [0.15, 0.2) is 0 Å². The van der Waals surface area contributed by atoms with Gasteiger partial charge < -0.3 is 0 Å². The van der Waals surface area contributed by atoms with E-state index in [4.69, 9.17) is 35.5 Å². The van der Waals surface area contributed by atoms with Crippen LogP contribution in [-0.2, 0) is 55.3 Å². The van der Waals surface area contributed by atoms with Gasteiger partial charge in [0.1, 0.15) is 0 Å². The van der Waals surface area contributed by atoms with E-state index in [-0.39, 0.29) is 0 Å². The molecular formula is C28H45Cl2MnN6. The van der Waals surface area contributed by atoms with E-state index in [1.165, 1.54) is 0 Å². The average molecular weight is 592 g/mol. The van der Waals surface area contributed by atoms with Crippen molar-refractivity contribution in [3.05, 3.63) is 52.4 Å². The molecule has 37 heavy (non-hydrogen) atoms. The topological polar surface area (TPSA) is 53.5 Å². The van der Waals surface area contributed by atoms with Gasteiger partial charge >= 0.3 is 237 Å². The van der Waals surface area contributed by atoms with Crippen molar-refractivity contribution in [2.24, 2.45) is 0 Å². The maximum absolute atomic E-state index is 7.27. The van der Waals surface area contributed by atoms with Gasteiger partial charge in [-0.05, 0) is 0 Å². The number of hydrogen-bond donors (Lipinski definition) is 0. The molecule has 0 saturated carbocycles. The third-order valence-corrected chi connectivity index (χ3v) is 9.47. The van der Waals surface area contributed by atoms with Crippen molar-refractivity contribution in [1.29, 1.82) is 0 Å². The van der Waals surface area contributed by atoms with Crippen LogP contribution in [0.2, 0.25) is 0 Å². The second-order valence-corrected chi connectivity index (χ2v) is 14.2. The summed E-state index contributed by atoms with van der Waals surface area (Å²) in [6, 6.07) is 6.73. The molecule has 0 N–H and O–H groups in total. The molecule has 3 aromatic rings. The number of nitrogens with zero attached hydrogens (tertiary/aromatic N) is 6. The Morgan fingerprint density at radius 1 is 0.541 bits per heavy atom. The van der Waals surface area contributed by atoms with E-state index in [1.807, 2.05) is 0 Å². The van der Waals surface area contributed by atoms with Crippen LogP contribution >= 0.6 is 20.2 Å². The zero-order valence-corrected chi connectivity index (χ0v) is 26.2. The van der Waals surface area contributed by atoms with Gasteiger partial charge in [0.2, 0.25) is 0 Å². The number of aromatic nitrogens is 6. The Hall–Kier alpha value is -1.27. The van der Waals surface area contributed by atoms with E-state index in [0.717, 1.165) is 111 Å². The quantitative estimate of drug-likeness (QED) is 0.161. The Morgan fingerprint density at radius 2 is 0.811 bits per heavy atom. The fourth-order valence-corrected chi connectivity index (χ4v) is 7.80. The van der Waals surface area contributed by atoms with Crippen molar-refractivity contribution in [2.75, 3.05) is 0 Å². The molecule has 3 aromatic heterocycles. The van der Waals surface area contributed by atoms with Crippen LogP contribution in [0.5, 0.6) is 0 Å². The van der Waals surface area contributed by atoms with E-state index >= 15 is 0 Å². The predicted octanol–water partition coefficient (Wildman–Crippen LogP) is 7.58. The van der Waals surface area contributed by atoms with Gasteiger partial charge in [0, 0.05) is 0 Å². The molecule has 3 rings (SSSR count). The summed E-state index contributed by atoms with van der Waals surface area (Å²) in [6.07, 6.45) is 11.5. The van der Waals surface area contributed by atoms with Crippen LogP contribution in [0.3, 0.4) is 0 Å². The first-order valence-electron chi connectivity index (χ1n) is 14.2. The molecule has 0 saturated heterocycles. The van der Waals surface area contributed by atoms with Crippen LogP contribution in [0.25, 0.3) is 0 Å². The molecule has 0 atom stereocenters. The van der Waals surface area contributed by atoms with Crippen molar-refractivity contribution in [2.45, 2.75) is 123 Å². The maximum atomic E-state index is 7.27. The molecule has 0 bridgehead atoms. The van der Waals surface area contributed by atoms with Crippen LogP contribution in [0.15, 0.2) is 18.2 Å². The van der Waals surface area contributed by atoms with Crippen LogP contribution in [0.1, 0.15) is 114 Å². The Labute approximate surface area is 236 Å². The van der Waals surface area contributed by atoms with Crippen molar-refractivity contribution in [1.82, 2.24) is 29.3 Å². The Balaban J connectivity index is 2.48. The number of aryl methyl sites for hydroxylation is 6. The van der Waals surface area contributed by atoms with E-state index in [2.05, 4.69) is 73.8 Å². The molecule has 6 nitrogen and oxygen atoms in total. The van der Waals surface area contributed by atoms with E-state index in [9.17, 15) is 0 Å². The molecule has 0 aromatic carbocycles. The summed E-state index contributed by atoms with van der Waals surface area (Å²) in [4.78, 5) is 0. The molecule has 0 aliphatic rings. The molecule has 0 spiro atoms. The molecular weight excluding hydrogens is 546 g/mol. The van der Waals surface area contributed by atoms with Gasteiger partial charge in [-0.1, -0.05) is 0 Å². The average Bonchev–Trinajstić information content (AvgIpc) is 3.55. The monoisotopic (exact) mass is 590 g/mol. The molecule has 3 heterocycles. The number of hydrogen-bond acceptors (Lipinski definition) is 3. The van der Waals surface area contributed by atoms with E-state index < -0.39 is 16.8 Å². The third kappa shape index (κ3) is 6.32. The predicted molar refractivity (Wildman–Crippen MR) is 151 cm³/mol.